The lowest BCUT2D eigenvalue weighted by Gasteiger charge is -1.99. The van der Waals surface area contributed by atoms with Crippen LogP contribution in [0.2, 0.25) is 0 Å². The normalized spacial score (nSPS) is 14.9. The van der Waals surface area contributed by atoms with E-state index in [2.05, 4.69) is 49.3 Å². The van der Waals surface area contributed by atoms with Crippen LogP contribution in [0.25, 0.3) is 22.3 Å². The van der Waals surface area contributed by atoms with Gasteiger partial charge in [0.25, 0.3) is 0 Å². The first kappa shape index (κ1) is 11.5. The fourth-order valence-electron chi connectivity index (χ4n) is 2.47. The second-order valence-electron chi connectivity index (χ2n) is 5.51. The molecule has 2 aromatic heterocycles. The summed E-state index contributed by atoms with van der Waals surface area (Å²) in [6, 6.07) is 9.01. The van der Waals surface area contributed by atoms with Crippen LogP contribution in [0.5, 0.6) is 0 Å². The number of aromatic nitrogens is 4. The van der Waals surface area contributed by atoms with Gasteiger partial charge in [-0.3, -0.25) is 5.10 Å². The largest absolute Gasteiger partial charge is 0.366 e. The Balaban J connectivity index is 1.71. The Morgan fingerprint density at radius 2 is 2.15 bits per heavy atom. The fourth-order valence-corrected chi connectivity index (χ4v) is 2.47. The maximum atomic E-state index is 4.58. The number of anilines is 1. The zero-order valence-electron chi connectivity index (χ0n) is 11.6. The third-order valence-corrected chi connectivity index (χ3v) is 3.92. The Hall–Kier alpha value is -2.30. The molecule has 3 aromatic rings. The quantitative estimate of drug-likeness (QED) is 0.767. The first-order valence-corrected chi connectivity index (χ1v) is 6.96. The molecular formula is C15H17N5. The van der Waals surface area contributed by atoms with Crippen molar-refractivity contribution in [2.45, 2.75) is 25.8 Å². The number of H-pyrrole nitrogens is 1. The minimum Gasteiger partial charge on any atom is -0.366 e. The Morgan fingerprint density at radius 1 is 1.30 bits per heavy atom. The average Bonchev–Trinajstić information content (AvgIpc) is 3.05. The van der Waals surface area contributed by atoms with Gasteiger partial charge in [-0.2, -0.15) is 5.10 Å². The smallest absolute Gasteiger partial charge is 0.148 e. The topological polar surface area (TPSA) is 58.5 Å². The van der Waals surface area contributed by atoms with E-state index < -0.39 is 0 Å². The molecule has 2 N–H and O–H groups in total. The molecule has 0 saturated heterocycles. The van der Waals surface area contributed by atoms with Crippen molar-refractivity contribution in [2.24, 2.45) is 7.05 Å². The number of benzene rings is 1. The van der Waals surface area contributed by atoms with Crippen LogP contribution in [0, 0.1) is 6.92 Å². The third-order valence-electron chi connectivity index (χ3n) is 3.92. The first-order chi connectivity index (χ1) is 9.70. The van der Waals surface area contributed by atoms with Crippen LogP contribution in [0.15, 0.2) is 24.3 Å². The van der Waals surface area contributed by atoms with Crippen molar-refractivity contribution in [3.8, 4) is 11.3 Å². The molecule has 1 aromatic carbocycles. The highest BCUT2D eigenvalue weighted by atomic mass is 15.2. The van der Waals surface area contributed by atoms with Gasteiger partial charge < -0.3 is 9.88 Å². The molecule has 0 unspecified atom stereocenters. The Morgan fingerprint density at radius 3 is 2.95 bits per heavy atom. The van der Waals surface area contributed by atoms with Crippen molar-refractivity contribution in [3.63, 3.8) is 0 Å². The molecule has 1 aliphatic carbocycles. The average molecular weight is 267 g/mol. The van der Waals surface area contributed by atoms with E-state index in [9.17, 15) is 0 Å². The molecule has 102 valence electrons. The molecule has 0 amide bonds. The third kappa shape index (κ3) is 1.86. The second kappa shape index (κ2) is 4.10. The molecule has 20 heavy (non-hydrogen) atoms. The lowest BCUT2D eigenvalue weighted by molar-refractivity contribution is 0.886. The molecule has 2 heterocycles. The number of hydrogen-bond donors (Lipinski definition) is 2. The number of hydrogen-bond acceptors (Lipinski definition) is 3. The van der Waals surface area contributed by atoms with Crippen LogP contribution >= 0.6 is 0 Å². The van der Waals surface area contributed by atoms with Gasteiger partial charge in [-0.15, -0.1) is 0 Å². The summed E-state index contributed by atoms with van der Waals surface area (Å²) in [5.41, 5.74) is 4.32. The van der Waals surface area contributed by atoms with Gasteiger partial charge in [0.15, 0.2) is 0 Å². The number of aryl methyl sites for hydroxylation is 2. The van der Waals surface area contributed by atoms with Crippen LogP contribution in [-0.2, 0) is 7.05 Å². The van der Waals surface area contributed by atoms with Crippen molar-refractivity contribution in [1.29, 1.82) is 0 Å². The predicted molar refractivity (Wildman–Crippen MR) is 79.7 cm³/mol. The highest BCUT2D eigenvalue weighted by Gasteiger charge is 2.21. The summed E-state index contributed by atoms with van der Waals surface area (Å²) < 4.78 is 2.10. The lowest BCUT2D eigenvalue weighted by Crippen LogP contribution is -2.00. The molecule has 1 aliphatic rings. The molecule has 0 aliphatic heterocycles. The summed E-state index contributed by atoms with van der Waals surface area (Å²) >= 11 is 0. The summed E-state index contributed by atoms with van der Waals surface area (Å²) in [6.07, 6.45) is 2.50. The number of nitrogens with one attached hydrogen (secondary N) is 2. The van der Waals surface area contributed by atoms with E-state index in [1.807, 2.05) is 14.0 Å². The maximum absolute atomic E-state index is 4.58. The van der Waals surface area contributed by atoms with Crippen LogP contribution in [0.3, 0.4) is 0 Å². The van der Waals surface area contributed by atoms with Crippen molar-refractivity contribution in [3.05, 3.63) is 30.1 Å². The van der Waals surface area contributed by atoms with Crippen molar-refractivity contribution >= 4 is 16.9 Å². The maximum Gasteiger partial charge on any atom is 0.148 e. The number of fused-ring (bicyclic) bond motifs is 1. The number of imidazole rings is 1. The van der Waals surface area contributed by atoms with Crippen LogP contribution in [0.4, 0.5) is 5.82 Å². The van der Waals surface area contributed by atoms with Gasteiger partial charge in [0.05, 0.1) is 16.7 Å². The van der Waals surface area contributed by atoms with Crippen LogP contribution < -0.4 is 5.32 Å². The first-order valence-electron chi connectivity index (χ1n) is 6.96. The molecule has 4 rings (SSSR count). The van der Waals surface area contributed by atoms with E-state index in [4.69, 9.17) is 0 Å². The second-order valence-corrected chi connectivity index (χ2v) is 5.51. The highest BCUT2D eigenvalue weighted by Crippen LogP contribution is 2.27. The summed E-state index contributed by atoms with van der Waals surface area (Å²) in [4.78, 5) is 4.58. The van der Waals surface area contributed by atoms with Gasteiger partial charge in [-0.05, 0) is 31.9 Å². The van der Waals surface area contributed by atoms with E-state index in [1.165, 1.54) is 12.8 Å². The molecule has 0 radical (unpaired) electrons. The Labute approximate surface area is 117 Å². The zero-order valence-corrected chi connectivity index (χ0v) is 11.6. The van der Waals surface area contributed by atoms with Gasteiger partial charge >= 0.3 is 0 Å². The molecular weight excluding hydrogens is 250 g/mol. The minimum atomic E-state index is 0.618. The Kier molecular flexibility index (Phi) is 2.36. The molecule has 1 fully saturated rings. The molecule has 0 bridgehead atoms. The standard InChI is InChI=1S/C15H17N5/c1-9-16-13-7-10(3-6-14(13)20(9)2)12-8-15(19-18-12)17-11-4-5-11/h3,6-8,11H,4-5H2,1-2H3,(H2,17,18,19). The van der Waals surface area contributed by atoms with Crippen molar-refractivity contribution in [1.82, 2.24) is 19.7 Å². The summed E-state index contributed by atoms with van der Waals surface area (Å²) in [7, 11) is 2.04. The molecule has 5 nitrogen and oxygen atoms in total. The summed E-state index contributed by atoms with van der Waals surface area (Å²) in [6.45, 7) is 2.02. The molecule has 1 saturated carbocycles. The van der Waals surface area contributed by atoms with Crippen LogP contribution in [0.1, 0.15) is 18.7 Å². The number of aromatic amines is 1. The van der Waals surface area contributed by atoms with E-state index in [0.29, 0.717) is 6.04 Å². The van der Waals surface area contributed by atoms with E-state index in [0.717, 1.165) is 33.9 Å². The SMILES string of the molecule is Cc1nc2cc(-c3cc(NC4CC4)n[nH]3)ccc2n1C. The monoisotopic (exact) mass is 267 g/mol. The van der Waals surface area contributed by atoms with E-state index in [-0.39, 0.29) is 0 Å². The van der Waals surface area contributed by atoms with Gasteiger partial charge in [-0.25, -0.2) is 4.98 Å². The van der Waals surface area contributed by atoms with Crippen molar-refractivity contribution < 1.29 is 0 Å². The highest BCUT2D eigenvalue weighted by molar-refractivity contribution is 5.82. The molecule has 5 heteroatoms. The van der Waals surface area contributed by atoms with E-state index >= 15 is 0 Å². The van der Waals surface area contributed by atoms with Gasteiger partial charge in [0.2, 0.25) is 0 Å². The van der Waals surface area contributed by atoms with Gasteiger partial charge in [0, 0.05) is 24.7 Å². The van der Waals surface area contributed by atoms with Gasteiger partial charge in [0.1, 0.15) is 11.6 Å². The van der Waals surface area contributed by atoms with Crippen molar-refractivity contribution in [2.75, 3.05) is 5.32 Å². The predicted octanol–water partition coefficient (Wildman–Crippen LogP) is 2.85. The summed E-state index contributed by atoms with van der Waals surface area (Å²) in [5, 5.41) is 10.8. The molecule has 0 atom stereocenters. The number of rotatable bonds is 3. The lowest BCUT2D eigenvalue weighted by atomic mass is 10.1. The Bertz CT molecular complexity index is 779. The number of nitrogens with zero attached hydrogens (tertiary/aromatic N) is 3. The van der Waals surface area contributed by atoms with Gasteiger partial charge in [-0.1, -0.05) is 6.07 Å². The van der Waals surface area contributed by atoms with Crippen LogP contribution in [-0.4, -0.2) is 25.8 Å². The zero-order chi connectivity index (χ0) is 13.7. The van der Waals surface area contributed by atoms with E-state index in [1.54, 1.807) is 0 Å². The fraction of sp³-hybridized carbons (Fsp3) is 0.333. The minimum absolute atomic E-state index is 0.618. The summed E-state index contributed by atoms with van der Waals surface area (Å²) in [5.74, 6) is 1.96. The molecule has 0 spiro atoms.